The number of hydrogen-bond donors (Lipinski definition) is 3. The molecule has 1 fully saturated rings. The van der Waals surface area contributed by atoms with Crippen molar-refractivity contribution in [3.8, 4) is 5.88 Å². The summed E-state index contributed by atoms with van der Waals surface area (Å²) in [5.41, 5.74) is 1.81. The predicted octanol–water partition coefficient (Wildman–Crippen LogP) is 1.80. The minimum Gasteiger partial charge on any atom is -0.465 e. The van der Waals surface area contributed by atoms with Crippen molar-refractivity contribution >= 4 is 33.7 Å². The van der Waals surface area contributed by atoms with Crippen LogP contribution < -0.4 is 25.2 Å². The number of cyclic esters (lactones) is 1. The van der Waals surface area contributed by atoms with Crippen molar-refractivity contribution in [1.82, 2.24) is 20.6 Å². The Hall–Kier alpha value is -2.94. The number of ether oxygens (including phenoxy) is 3. The van der Waals surface area contributed by atoms with Crippen LogP contribution in [0.1, 0.15) is 26.2 Å². The molecule has 41 heavy (non-hydrogen) atoms. The van der Waals surface area contributed by atoms with Gasteiger partial charge >= 0.3 is 6.09 Å². The number of aliphatic hydroxyl groups is 1. The molecule has 4 heterocycles. The summed E-state index contributed by atoms with van der Waals surface area (Å²) >= 11 is 0. The van der Waals surface area contributed by atoms with Crippen molar-refractivity contribution in [3.05, 3.63) is 29.4 Å². The van der Waals surface area contributed by atoms with Crippen molar-refractivity contribution < 1.29 is 33.3 Å². The van der Waals surface area contributed by atoms with Crippen molar-refractivity contribution in [2.24, 2.45) is 0 Å². The molecule has 1 aliphatic carbocycles. The lowest BCUT2D eigenvalue weighted by molar-refractivity contribution is -0.122. The normalized spacial score (nSPS) is 25.3. The van der Waals surface area contributed by atoms with Crippen LogP contribution in [-0.2, 0) is 14.3 Å². The fraction of sp³-hybridized carbons (Fsp3) is 0.630. The first kappa shape index (κ1) is 29.5. The molecule has 5 rings (SSSR count). The highest BCUT2D eigenvalue weighted by Gasteiger charge is 2.37. The first-order valence-corrected chi connectivity index (χ1v) is 16.8. The molecule has 12 nitrogen and oxygen atoms in total. The van der Waals surface area contributed by atoms with Crippen LogP contribution in [0.4, 0.5) is 20.8 Å². The highest BCUT2D eigenvalue weighted by molar-refractivity contribution is 8.32. The molecule has 1 saturated heterocycles. The molecule has 0 saturated carbocycles. The maximum atomic E-state index is 14.2. The molecule has 4 aliphatic rings. The van der Waals surface area contributed by atoms with Gasteiger partial charge in [-0.05, 0) is 49.7 Å². The van der Waals surface area contributed by atoms with Crippen LogP contribution in [0.5, 0.6) is 5.88 Å². The van der Waals surface area contributed by atoms with E-state index in [1.54, 1.807) is 0 Å². The molecule has 4 atom stereocenters. The molecule has 1 aromatic heterocycles. The van der Waals surface area contributed by atoms with Crippen LogP contribution in [0.2, 0.25) is 0 Å². The minimum absolute atomic E-state index is 0.00691. The van der Waals surface area contributed by atoms with E-state index in [1.807, 2.05) is 6.92 Å². The molecule has 226 valence electrons. The standard InChI is InChI=1S/C27H39FN6O6S/c1-16-20-7-17(8-21(20)22(28)11-29-16)30-10-18(35)9-19-13-33(27(37)40-19)23-12-31-26-25(32-23)34(24(36)14-39-26)15-38-5-6-41(2,3)4/h11-12,16-19,29-30,35H,5-10,13-15H2,1-4H3. The van der Waals surface area contributed by atoms with Gasteiger partial charge in [0, 0.05) is 37.0 Å². The van der Waals surface area contributed by atoms with Crippen LogP contribution in [0.15, 0.2) is 29.4 Å². The molecule has 3 aliphatic heterocycles. The number of dihydropyridines is 1. The second-order valence-corrected chi connectivity index (χ2v) is 16.3. The first-order chi connectivity index (χ1) is 19.5. The second kappa shape index (κ2) is 12.1. The third-order valence-electron chi connectivity index (χ3n) is 7.56. The Bertz CT molecular complexity index is 1240. The summed E-state index contributed by atoms with van der Waals surface area (Å²) in [5.74, 6) is 0.954. The van der Waals surface area contributed by atoms with Crippen LogP contribution in [0.25, 0.3) is 0 Å². The number of amides is 2. The third kappa shape index (κ3) is 6.93. The Morgan fingerprint density at radius 3 is 2.88 bits per heavy atom. The number of fused-ring (bicyclic) bond motifs is 1. The number of allylic oxidation sites excluding steroid dienone is 1. The SMILES string of the molecule is CC1NC=C(F)C2=C1CC(NCC(O)CC1CN(c3cnc4c(n3)N(COCCS(C)(C)C)C(=O)CO4)C(=O)O1)C2. The lowest BCUT2D eigenvalue weighted by Gasteiger charge is -2.29. The summed E-state index contributed by atoms with van der Waals surface area (Å²) in [5, 5.41) is 17.0. The number of nitrogens with one attached hydrogen (secondary N) is 2. The van der Waals surface area contributed by atoms with Crippen molar-refractivity contribution in [3.63, 3.8) is 0 Å². The van der Waals surface area contributed by atoms with Gasteiger partial charge < -0.3 is 30.0 Å². The monoisotopic (exact) mass is 594 g/mol. The number of carbonyl (C=O) groups is 2. The summed E-state index contributed by atoms with van der Waals surface area (Å²) in [6.07, 6.45) is 8.96. The first-order valence-electron chi connectivity index (χ1n) is 13.8. The zero-order valence-corrected chi connectivity index (χ0v) is 24.7. The van der Waals surface area contributed by atoms with Gasteiger partial charge in [-0.1, -0.05) is 0 Å². The van der Waals surface area contributed by atoms with Crippen LogP contribution >= 0.6 is 10.0 Å². The molecule has 2 amide bonds. The average molecular weight is 595 g/mol. The molecular formula is C27H39FN6O6S. The molecule has 1 aromatic rings. The minimum atomic E-state index is -0.774. The van der Waals surface area contributed by atoms with Gasteiger partial charge in [0.15, 0.2) is 12.4 Å². The number of halogens is 1. The number of aromatic nitrogens is 2. The van der Waals surface area contributed by atoms with Crippen LogP contribution in [0, 0.1) is 0 Å². The van der Waals surface area contributed by atoms with E-state index in [2.05, 4.69) is 39.4 Å². The van der Waals surface area contributed by atoms with Gasteiger partial charge in [0.1, 0.15) is 18.7 Å². The fourth-order valence-electron chi connectivity index (χ4n) is 5.27. The van der Waals surface area contributed by atoms with E-state index in [0.29, 0.717) is 19.4 Å². The molecular weight excluding hydrogens is 555 g/mol. The summed E-state index contributed by atoms with van der Waals surface area (Å²) in [7, 11) is -0.737. The van der Waals surface area contributed by atoms with Crippen LogP contribution in [-0.4, -0.2) is 109 Å². The largest absolute Gasteiger partial charge is 0.465 e. The van der Waals surface area contributed by atoms with Gasteiger partial charge in [-0.3, -0.25) is 14.6 Å². The van der Waals surface area contributed by atoms with E-state index in [9.17, 15) is 19.1 Å². The molecule has 0 bridgehead atoms. The Balaban J connectivity index is 1.14. The van der Waals surface area contributed by atoms with Gasteiger partial charge in [-0.2, -0.15) is 0 Å². The quantitative estimate of drug-likeness (QED) is 0.325. The summed E-state index contributed by atoms with van der Waals surface area (Å²) < 4.78 is 30.9. The number of nitrogens with zero attached hydrogens (tertiary/aromatic N) is 4. The van der Waals surface area contributed by atoms with E-state index in [1.165, 1.54) is 22.2 Å². The Morgan fingerprint density at radius 1 is 1.32 bits per heavy atom. The smallest absolute Gasteiger partial charge is 0.415 e. The number of hydrogen-bond acceptors (Lipinski definition) is 10. The van der Waals surface area contributed by atoms with Gasteiger partial charge in [-0.25, -0.2) is 29.2 Å². The molecule has 4 unspecified atom stereocenters. The summed E-state index contributed by atoms with van der Waals surface area (Å²) in [4.78, 5) is 36.8. The maximum absolute atomic E-state index is 14.2. The average Bonchev–Trinajstić information content (AvgIpc) is 3.52. The topological polar surface area (TPSA) is 138 Å². The van der Waals surface area contributed by atoms with Gasteiger partial charge in [0.2, 0.25) is 5.82 Å². The summed E-state index contributed by atoms with van der Waals surface area (Å²) in [6.45, 7) is 2.81. The van der Waals surface area contributed by atoms with E-state index in [0.717, 1.165) is 16.9 Å². The second-order valence-electron chi connectivity index (χ2n) is 11.7. The highest BCUT2D eigenvalue weighted by atomic mass is 32.3. The van der Waals surface area contributed by atoms with Crippen LogP contribution in [0.3, 0.4) is 0 Å². The van der Waals surface area contributed by atoms with Gasteiger partial charge in [-0.15, -0.1) is 0 Å². The van der Waals surface area contributed by atoms with Crippen molar-refractivity contribution in [2.45, 2.75) is 50.5 Å². The molecule has 0 radical (unpaired) electrons. The zero-order valence-electron chi connectivity index (χ0n) is 23.9. The molecule has 0 aromatic carbocycles. The Morgan fingerprint density at radius 2 is 2.12 bits per heavy atom. The fourth-order valence-corrected chi connectivity index (χ4v) is 5.89. The van der Waals surface area contributed by atoms with Crippen molar-refractivity contribution in [2.75, 3.05) is 67.4 Å². The lowest BCUT2D eigenvalue weighted by atomic mass is 10.0. The Kier molecular flexibility index (Phi) is 8.73. The Labute approximate surface area is 240 Å². The highest BCUT2D eigenvalue weighted by Crippen LogP contribution is 2.37. The molecule has 14 heteroatoms. The van der Waals surface area contributed by atoms with E-state index in [-0.39, 0.29) is 74.2 Å². The van der Waals surface area contributed by atoms with Gasteiger partial charge in [0.05, 0.1) is 25.5 Å². The number of anilines is 2. The van der Waals surface area contributed by atoms with E-state index in [4.69, 9.17) is 14.2 Å². The molecule has 0 spiro atoms. The maximum Gasteiger partial charge on any atom is 0.415 e. The third-order valence-corrected chi connectivity index (χ3v) is 8.95. The predicted molar refractivity (Wildman–Crippen MR) is 154 cm³/mol. The lowest BCUT2D eigenvalue weighted by Crippen LogP contribution is -2.42. The number of carbonyl (C=O) groups excluding carboxylic acids is 2. The van der Waals surface area contributed by atoms with E-state index >= 15 is 0 Å². The number of aliphatic hydroxyl groups excluding tert-OH is 1. The van der Waals surface area contributed by atoms with Gasteiger partial charge in [0.25, 0.3) is 11.8 Å². The summed E-state index contributed by atoms with van der Waals surface area (Å²) in [6, 6.07) is 0.131. The van der Waals surface area contributed by atoms with Crippen molar-refractivity contribution in [1.29, 1.82) is 0 Å². The molecule has 3 N–H and O–H groups in total. The number of rotatable bonds is 11. The zero-order chi connectivity index (χ0) is 29.3. The van der Waals surface area contributed by atoms with E-state index < -0.39 is 28.3 Å².